The van der Waals surface area contributed by atoms with Crippen LogP contribution in [0.15, 0.2) is 17.3 Å². The zero-order chi connectivity index (χ0) is 11.2. The van der Waals surface area contributed by atoms with Crippen molar-refractivity contribution in [3.63, 3.8) is 0 Å². The van der Waals surface area contributed by atoms with E-state index in [-0.39, 0.29) is 0 Å². The molecule has 2 rings (SSSR count). The summed E-state index contributed by atoms with van der Waals surface area (Å²) in [4.78, 5) is 13.0. The molecule has 86 valence electrons. The Morgan fingerprint density at radius 2 is 2.19 bits per heavy atom. The lowest BCUT2D eigenvalue weighted by Crippen LogP contribution is -2.10. The molecular formula is C12H18N4. The van der Waals surface area contributed by atoms with Crippen molar-refractivity contribution in [1.29, 1.82) is 0 Å². The summed E-state index contributed by atoms with van der Waals surface area (Å²) in [6.07, 6.45) is 10.1. The fourth-order valence-electron chi connectivity index (χ4n) is 1.98. The highest BCUT2D eigenvalue weighted by Crippen LogP contribution is 2.19. The first-order valence-corrected chi connectivity index (χ1v) is 5.92. The topological polar surface area (TPSA) is 50.2 Å². The summed E-state index contributed by atoms with van der Waals surface area (Å²) in [5, 5.41) is 2.92. The SMILES string of the molecule is CNc1nccc(/C=N/C2CCCCC2)n1. The highest BCUT2D eigenvalue weighted by atomic mass is 15.1. The molecule has 0 bridgehead atoms. The third kappa shape index (κ3) is 3.02. The zero-order valence-corrected chi connectivity index (χ0v) is 9.69. The summed E-state index contributed by atoms with van der Waals surface area (Å²) in [6, 6.07) is 2.38. The van der Waals surface area contributed by atoms with Crippen molar-refractivity contribution in [1.82, 2.24) is 9.97 Å². The molecule has 4 nitrogen and oxygen atoms in total. The van der Waals surface area contributed by atoms with E-state index in [0.717, 1.165) is 5.69 Å². The number of aliphatic imine (C=N–C) groups is 1. The molecule has 0 aromatic carbocycles. The molecule has 1 fully saturated rings. The third-order valence-corrected chi connectivity index (χ3v) is 2.89. The lowest BCUT2D eigenvalue weighted by Gasteiger charge is -2.16. The van der Waals surface area contributed by atoms with Crippen LogP contribution in [0.4, 0.5) is 5.95 Å². The van der Waals surface area contributed by atoms with Gasteiger partial charge in [0.15, 0.2) is 0 Å². The number of rotatable bonds is 3. The van der Waals surface area contributed by atoms with Gasteiger partial charge in [-0.05, 0) is 18.9 Å². The first-order valence-electron chi connectivity index (χ1n) is 5.92. The van der Waals surface area contributed by atoms with Gasteiger partial charge in [0.05, 0.1) is 11.7 Å². The maximum atomic E-state index is 4.59. The maximum absolute atomic E-state index is 4.59. The Morgan fingerprint density at radius 1 is 1.38 bits per heavy atom. The zero-order valence-electron chi connectivity index (χ0n) is 9.69. The van der Waals surface area contributed by atoms with E-state index in [2.05, 4.69) is 20.3 Å². The second-order valence-electron chi connectivity index (χ2n) is 4.13. The van der Waals surface area contributed by atoms with E-state index in [1.807, 2.05) is 19.3 Å². The van der Waals surface area contributed by atoms with Gasteiger partial charge in [-0.2, -0.15) is 0 Å². The van der Waals surface area contributed by atoms with Crippen LogP contribution in [-0.4, -0.2) is 29.3 Å². The van der Waals surface area contributed by atoms with Crippen molar-refractivity contribution in [2.24, 2.45) is 4.99 Å². The quantitative estimate of drug-likeness (QED) is 0.792. The molecule has 1 saturated carbocycles. The number of hydrogen-bond donors (Lipinski definition) is 1. The minimum atomic E-state index is 0.502. The minimum absolute atomic E-state index is 0.502. The summed E-state index contributed by atoms with van der Waals surface area (Å²) < 4.78 is 0. The van der Waals surface area contributed by atoms with Gasteiger partial charge >= 0.3 is 0 Å². The molecular weight excluding hydrogens is 200 g/mol. The van der Waals surface area contributed by atoms with Gasteiger partial charge in [-0.3, -0.25) is 4.99 Å². The van der Waals surface area contributed by atoms with Crippen molar-refractivity contribution >= 4 is 12.2 Å². The van der Waals surface area contributed by atoms with Crippen LogP contribution in [0, 0.1) is 0 Å². The summed E-state index contributed by atoms with van der Waals surface area (Å²) in [7, 11) is 1.82. The predicted octanol–water partition coefficient (Wildman–Crippen LogP) is 2.27. The lowest BCUT2D eigenvalue weighted by atomic mass is 9.96. The van der Waals surface area contributed by atoms with Gasteiger partial charge in [0.1, 0.15) is 0 Å². The fraction of sp³-hybridized carbons (Fsp3) is 0.583. The number of nitrogens with one attached hydrogen (secondary N) is 1. The number of aromatic nitrogens is 2. The molecule has 1 aliphatic carbocycles. The van der Waals surface area contributed by atoms with Gasteiger partial charge in [-0.1, -0.05) is 19.3 Å². The molecule has 1 N–H and O–H groups in total. The van der Waals surface area contributed by atoms with Crippen molar-refractivity contribution in [3.05, 3.63) is 18.0 Å². The first kappa shape index (κ1) is 11.0. The van der Waals surface area contributed by atoms with E-state index >= 15 is 0 Å². The van der Waals surface area contributed by atoms with Crippen LogP contribution in [0.1, 0.15) is 37.8 Å². The van der Waals surface area contributed by atoms with Crippen molar-refractivity contribution in [3.8, 4) is 0 Å². The lowest BCUT2D eigenvalue weighted by molar-refractivity contribution is 0.444. The third-order valence-electron chi connectivity index (χ3n) is 2.89. The van der Waals surface area contributed by atoms with E-state index in [9.17, 15) is 0 Å². The summed E-state index contributed by atoms with van der Waals surface area (Å²) in [5.41, 5.74) is 0.880. The highest BCUT2D eigenvalue weighted by molar-refractivity contribution is 5.77. The van der Waals surface area contributed by atoms with E-state index in [1.54, 1.807) is 6.20 Å². The molecule has 0 unspecified atom stereocenters. The molecule has 4 heteroatoms. The standard InChI is InChI=1S/C12H18N4/c1-13-12-14-8-7-11(16-12)9-15-10-5-3-2-4-6-10/h7-10H,2-6H2,1H3,(H,13,14,16)/b15-9+. The second-order valence-corrected chi connectivity index (χ2v) is 4.13. The van der Waals surface area contributed by atoms with Crippen LogP contribution in [0.5, 0.6) is 0 Å². The Balaban J connectivity index is 1.98. The molecule has 16 heavy (non-hydrogen) atoms. The predicted molar refractivity (Wildman–Crippen MR) is 66.0 cm³/mol. The van der Waals surface area contributed by atoms with E-state index in [4.69, 9.17) is 0 Å². The molecule has 1 aliphatic rings. The average molecular weight is 218 g/mol. The number of anilines is 1. The van der Waals surface area contributed by atoms with Gasteiger partial charge in [-0.15, -0.1) is 0 Å². The molecule has 0 radical (unpaired) electrons. The largest absolute Gasteiger partial charge is 0.357 e. The summed E-state index contributed by atoms with van der Waals surface area (Å²) in [5.74, 6) is 0.646. The fourth-order valence-corrected chi connectivity index (χ4v) is 1.98. The monoisotopic (exact) mass is 218 g/mol. The van der Waals surface area contributed by atoms with Crippen molar-refractivity contribution in [2.75, 3.05) is 12.4 Å². The number of hydrogen-bond acceptors (Lipinski definition) is 4. The average Bonchev–Trinajstić information content (AvgIpc) is 2.38. The number of nitrogens with zero attached hydrogens (tertiary/aromatic N) is 3. The van der Waals surface area contributed by atoms with Crippen LogP contribution in [0.2, 0.25) is 0 Å². The van der Waals surface area contributed by atoms with E-state index in [0.29, 0.717) is 12.0 Å². The Hall–Kier alpha value is -1.45. The van der Waals surface area contributed by atoms with E-state index in [1.165, 1.54) is 32.1 Å². The van der Waals surface area contributed by atoms with Crippen LogP contribution in [0.25, 0.3) is 0 Å². The molecule has 0 saturated heterocycles. The van der Waals surface area contributed by atoms with Gasteiger partial charge in [0.2, 0.25) is 5.95 Å². The maximum Gasteiger partial charge on any atom is 0.222 e. The summed E-state index contributed by atoms with van der Waals surface area (Å²) in [6.45, 7) is 0. The Morgan fingerprint density at radius 3 is 2.94 bits per heavy atom. The Kier molecular flexibility index (Phi) is 3.86. The van der Waals surface area contributed by atoms with Crippen molar-refractivity contribution < 1.29 is 0 Å². The van der Waals surface area contributed by atoms with Gasteiger partial charge in [0, 0.05) is 19.5 Å². The van der Waals surface area contributed by atoms with Crippen LogP contribution in [0.3, 0.4) is 0 Å². The molecule has 0 spiro atoms. The molecule has 1 aromatic rings. The van der Waals surface area contributed by atoms with Gasteiger partial charge < -0.3 is 5.32 Å². The van der Waals surface area contributed by atoms with Crippen LogP contribution >= 0.6 is 0 Å². The summed E-state index contributed by atoms with van der Waals surface area (Å²) >= 11 is 0. The molecule has 0 aliphatic heterocycles. The Bertz CT molecular complexity index is 356. The molecule has 1 aromatic heterocycles. The highest BCUT2D eigenvalue weighted by Gasteiger charge is 2.10. The first-order chi connectivity index (χ1) is 7.88. The smallest absolute Gasteiger partial charge is 0.222 e. The van der Waals surface area contributed by atoms with Crippen molar-refractivity contribution in [2.45, 2.75) is 38.1 Å². The van der Waals surface area contributed by atoms with Gasteiger partial charge in [-0.25, -0.2) is 9.97 Å². The van der Waals surface area contributed by atoms with Crippen LogP contribution < -0.4 is 5.32 Å². The molecule has 0 amide bonds. The molecule has 0 atom stereocenters. The molecule has 1 heterocycles. The Labute approximate surface area is 96.2 Å². The minimum Gasteiger partial charge on any atom is -0.357 e. The van der Waals surface area contributed by atoms with E-state index < -0.39 is 0 Å². The van der Waals surface area contributed by atoms with Gasteiger partial charge in [0.25, 0.3) is 0 Å². The second kappa shape index (κ2) is 5.58. The normalized spacial score (nSPS) is 17.8. The van der Waals surface area contributed by atoms with Crippen LogP contribution in [-0.2, 0) is 0 Å².